The number of hydrogen-bond donors (Lipinski definition) is 2. The summed E-state index contributed by atoms with van der Waals surface area (Å²) in [6.07, 6.45) is 0. The first kappa shape index (κ1) is 10.9. The minimum absolute atomic E-state index is 0.202. The molecule has 0 aliphatic heterocycles. The van der Waals surface area contributed by atoms with Gasteiger partial charge in [0, 0.05) is 3.57 Å². The summed E-state index contributed by atoms with van der Waals surface area (Å²) in [6.45, 7) is 1.46. The maximum absolute atomic E-state index is 13.0. The number of nitrogens with two attached hydrogens (primary N) is 1. The third-order valence-corrected chi connectivity index (χ3v) is 2.47. The van der Waals surface area contributed by atoms with Crippen molar-refractivity contribution in [3.63, 3.8) is 0 Å². The van der Waals surface area contributed by atoms with E-state index < -0.39 is 5.54 Å². The van der Waals surface area contributed by atoms with Gasteiger partial charge in [0.05, 0.1) is 12.1 Å². The van der Waals surface area contributed by atoms with E-state index in [0.717, 1.165) is 3.57 Å². The predicted octanol–water partition coefficient (Wildman–Crippen LogP) is 1.60. The average Bonchev–Trinajstić information content (AvgIpc) is 2.02. The third-order valence-electron chi connectivity index (χ3n) is 1.85. The average molecular weight is 295 g/mol. The molecule has 0 aliphatic rings. The van der Waals surface area contributed by atoms with Crippen LogP contribution in [0.2, 0.25) is 0 Å². The highest BCUT2D eigenvalue weighted by Crippen LogP contribution is 2.20. The monoisotopic (exact) mass is 295 g/mol. The smallest absolute Gasteiger partial charge is 0.124 e. The van der Waals surface area contributed by atoms with Crippen molar-refractivity contribution in [2.45, 2.75) is 12.5 Å². The summed E-state index contributed by atoms with van der Waals surface area (Å²) >= 11 is 2.01. The van der Waals surface area contributed by atoms with Crippen LogP contribution in [0.5, 0.6) is 0 Å². The van der Waals surface area contributed by atoms with Crippen LogP contribution in [0, 0.1) is 9.39 Å². The zero-order valence-corrected chi connectivity index (χ0v) is 9.38. The van der Waals surface area contributed by atoms with Gasteiger partial charge in [0.1, 0.15) is 5.82 Å². The second-order valence-corrected chi connectivity index (χ2v) is 4.48. The topological polar surface area (TPSA) is 46.2 Å². The van der Waals surface area contributed by atoms with Gasteiger partial charge in [0.2, 0.25) is 0 Å². The molecular weight excluding hydrogens is 284 g/mol. The maximum atomic E-state index is 13.0. The molecule has 13 heavy (non-hydrogen) atoms. The Morgan fingerprint density at radius 1 is 1.54 bits per heavy atom. The molecule has 0 fully saturated rings. The van der Waals surface area contributed by atoms with Crippen LogP contribution in [0.1, 0.15) is 12.5 Å². The molecule has 1 rings (SSSR count). The summed E-state index contributed by atoms with van der Waals surface area (Å²) in [4.78, 5) is 0. The van der Waals surface area contributed by atoms with Gasteiger partial charge in [-0.1, -0.05) is 0 Å². The van der Waals surface area contributed by atoms with Crippen LogP contribution in [0.25, 0.3) is 0 Å². The Labute approximate surface area is 90.1 Å². The minimum Gasteiger partial charge on any atom is -0.394 e. The molecule has 0 aromatic heterocycles. The van der Waals surface area contributed by atoms with Crippen LogP contribution in [-0.4, -0.2) is 11.7 Å². The van der Waals surface area contributed by atoms with E-state index in [9.17, 15) is 4.39 Å². The molecule has 72 valence electrons. The fraction of sp³-hybridized carbons (Fsp3) is 0.333. The molecule has 0 unspecified atom stereocenters. The van der Waals surface area contributed by atoms with Crippen molar-refractivity contribution in [1.29, 1.82) is 0 Å². The van der Waals surface area contributed by atoms with Crippen molar-refractivity contribution < 1.29 is 9.50 Å². The van der Waals surface area contributed by atoms with E-state index in [1.807, 2.05) is 22.6 Å². The molecule has 0 saturated carbocycles. The van der Waals surface area contributed by atoms with Gasteiger partial charge in [0.25, 0.3) is 0 Å². The van der Waals surface area contributed by atoms with Crippen molar-refractivity contribution >= 4 is 22.6 Å². The molecule has 0 heterocycles. The Morgan fingerprint density at radius 2 is 2.15 bits per heavy atom. The summed E-state index contributed by atoms with van der Waals surface area (Å²) in [5, 5.41) is 8.98. The highest BCUT2D eigenvalue weighted by atomic mass is 127. The lowest BCUT2D eigenvalue weighted by Gasteiger charge is -2.22. The summed E-state index contributed by atoms with van der Waals surface area (Å²) < 4.78 is 13.7. The first-order valence-electron chi connectivity index (χ1n) is 3.82. The van der Waals surface area contributed by atoms with Gasteiger partial charge in [0.15, 0.2) is 0 Å². The number of benzene rings is 1. The first-order valence-corrected chi connectivity index (χ1v) is 4.90. The lowest BCUT2D eigenvalue weighted by atomic mass is 9.94. The van der Waals surface area contributed by atoms with Crippen molar-refractivity contribution in [3.8, 4) is 0 Å². The van der Waals surface area contributed by atoms with Gasteiger partial charge in [-0.05, 0) is 53.3 Å². The standard InChI is InChI=1S/C9H11FINO/c1-9(12,5-13)6-2-7(10)4-8(11)3-6/h2-4,13H,5,12H2,1H3/t9-/m1/s1. The van der Waals surface area contributed by atoms with E-state index in [4.69, 9.17) is 10.8 Å². The molecule has 1 aromatic carbocycles. The zero-order valence-electron chi connectivity index (χ0n) is 7.22. The summed E-state index contributed by atoms with van der Waals surface area (Å²) in [6, 6.07) is 4.52. The Hall–Kier alpha value is -0.200. The molecule has 3 N–H and O–H groups in total. The number of hydrogen-bond acceptors (Lipinski definition) is 2. The van der Waals surface area contributed by atoms with E-state index >= 15 is 0 Å². The van der Waals surface area contributed by atoms with E-state index in [0.29, 0.717) is 5.56 Å². The SMILES string of the molecule is C[C@@](N)(CO)c1cc(F)cc(I)c1. The first-order chi connectivity index (χ1) is 5.95. The highest BCUT2D eigenvalue weighted by molar-refractivity contribution is 14.1. The fourth-order valence-electron chi connectivity index (χ4n) is 0.975. The Kier molecular flexibility index (Phi) is 3.26. The van der Waals surface area contributed by atoms with Gasteiger partial charge in [-0.15, -0.1) is 0 Å². The Balaban J connectivity index is 3.15. The van der Waals surface area contributed by atoms with Crippen LogP contribution in [0.3, 0.4) is 0 Å². The van der Waals surface area contributed by atoms with Crippen molar-refractivity contribution in [2.75, 3.05) is 6.61 Å². The largest absolute Gasteiger partial charge is 0.394 e. The van der Waals surface area contributed by atoms with Crippen molar-refractivity contribution in [2.24, 2.45) is 5.73 Å². The fourth-order valence-corrected chi connectivity index (χ4v) is 1.61. The summed E-state index contributed by atoms with van der Waals surface area (Å²) in [5.41, 5.74) is 5.49. The van der Waals surface area contributed by atoms with Gasteiger partial charge < -0.3 is 10.8 Å². The predicted molar refractivity (Wildman–Crippen MR) is 57.7 cm³/mol. The number of rotatable bonds is 2. The lowest BCUT2D eigenvalue weighted by molar-refractivity contribution is 0.209. The van der Waals surface area contributed by atoms with Gasteiger partial charge in [-0.3, -0.25) is 0 Å². The van der Waals surface area contributed by atoms with Crippen LogP contribution < -0.4 is 5.73 Å². The molecule has 0 saturated heterocycles. The number of aliphatic hydroxyl groups excluding tert-OH is 1. The molecule has 1 aromatic rings. The second kappa shape index (κ2) is 3.89. The van der Waals surface area contributed by atoms with Crippen molar-refractivity contribution in [1.82, 2.24) is 0 Å². The number of aliphatic hydroxyl groups is 1. The van der Waals surface area contributed by atoms with E-state index in [1.54, 1.807) is 13.0 Å². The van der Waals surface area contributed by atoms with Crippen LogP contribution >= 0.6 is 22.6 Å². The molecule has 1 atom stereocenters. The Bertz CT molecular complexity index is 294. The van der Waals surface area contributed by atoms with E-state index in [1.165, 1.54) is 12.1 Å². The number of halogens is 2. The van der Waals surface area contributed by atoms with Crippen molar-refractivity contribution in [3.05, 3.63) is 33.1 Å². The van der Waals surface area contributed by atoms with Gasteiger partial charge in [-0.2, -0.15) is 0 Å². The molecule has 0 radical (unpaired) electrons. The minimum atomic E-state index is -0.873. The van der Waals surface area contributed by atoms with Crippen LogP contribution in [-0.2, 0) is 5.54 Å². The molecule has 0 bridgehead atoms. The van der Waals surface area contributed by atoms with Crippen LogP contribution in [0.4, 0.5) is 4.39 Å². The molecule has 0 amide bonds. The molecule has 4 heteroatoms. The third kappa shape index (κ3) is 2.62. The van der Waals surface area contributed by atoms with Crippen LogP contribution in [0.15, 0.2) is 18.2 Å². The van der Waals surface area contributed by atoms with Gasteiger partial charge in [-0.25, -0.2) is 4.39 Å². The normalized spacial score (nSPS) is 15.5. The lowest BCUT2D eigenvalue weighted by Crippen LogP contribution is -2.37. The summed E-state index contributed by atoms with van der Waals surface area (Å²) in [7, 11) is 0. The second-order valence-electron chi connectivity index (χ2n) is 3.23. The molecular formula is C9H11FINO. The molecule has 0 spiro atoms. The zero-order chi connectivity index (χ0) is 10.1. The highest BCUT2D eigenvalue weighted by Gasteiger charge is 2.20. The molecule has 0 aliphatic carbocycles. The quantitative estimate of drug-likeness (QED) is 0.814. The maximum Gasteiger partial charge on any atom is 0.124 e. The molecule has 2 nitrogen and oxygen atoms in total. The Morgan fingerprint density at radius 3 is 2.62 bits per heavy atom. The van der Waals surface area contributed by atoms with E-state index in [2.05, 4.69) is 0 Å². The summed E-state index contributed by atoms with van der Waals surface area (Å²) in [5.74, 6) is -0.327. The van der Waals surface area contributed by atoms with E-state index in [-0.39, 0.29) is 12.4 Å². The van der Waals surface area contributed by atoms with Gasteiger partial charge >= 0.3 is 0 Å².